The van der Waals surface area contributed by atoms with E-state index in [9.17, 15) is 9.90 Å². The minimum atomic E-state index is -0.585. The zero-order valence-corrected chi connectivity index (χ0v) is 21.1. The average molecular weight is 507 g/mol. The van der Waals surface area contributed by atoms with Crippen LogP contribution in [0.3, 0.4) is 0 Å². The van der Waals surface area contributed by atoms with Crippen LogP contribution < -0.4 is 16.0 Å². The Morgan fingerprint density at radius 1 is 1.14 bits per heavy atom. The molecule has 2 aromatic heterocycles. The van der Waals surface area contributed by atoms with Crippen LogP contribution in [-0.2, 0) is 9.47 Å². The summed E-state index contributed by atoms with van der Waals surface area (Å²) < 4.78 is 12.7. The predicted octanol–water partition coefficient (Wildman–Crippen LogP) is 2.61. The quantitative estimate of drug-likeness (QED) is 0.368. The summed E-state index contributed by atoms with van der Waals surface area (Å²) in [5, 5.41) is 24.9. The smallest absolute Gasteiger partial charge is 0.251 e. The van der Waals surface area contributed by atoms with E-state index in [4.69, 9.17) is 14.5 Å². The molecule has 10 heteroatoms. The number of aromatic nitrogens is 3. The number of benzene rings is 1. The summed E-state index contributed by atoms with van der Waals surface area (Å²) in [6.45, 7) is 5.10. The van der Waals surface area contributed by atoms with E-state index in [1.165, 1.54) is 0 Å². The molecule has 10 nitrogen and oxygen atoms in total. The van der Waals surface area contributed by atoms with Crippen molar-refractivity contribution >= 4 is 23.2 Å². The number of amides is 1. The molecule has 0 spiro atoms. The standard InChI is InChI=1S/C27H34N6O4/c1-16-10-18(2-5-20(16)27(35)30-19-3-4-19)21-13-29-33-25(28-12-17-6-8-36-9-7-17)11-24(32-26(21)33)31-22-14-37-15-23(22)34/h2,5,10-11,13,17,19,22-23,28,34H,3-4,6-9,12,14-15H2,1H3,(H,30,35)(H,31,32)/t22-,23-/m0/s1. The third-order valence-electron chi connectivity index (χ3n) is 7.46. The lowest BCUT2D eigenvalue weighted by Crippen LogP contribution is -2.32. The first kappa shape index (κ1) is 24.1. The van der Waals surface area contributed by atoms with Gasteiger partial charge in [0.15, 0.2) is 5.65 Å². The number of fused-ring (bicyclic) bond motifs is 1. The molecule has 4 N–H and O–H groups in total. The third-order valence-corrected chi connectivity index (χ3v) is 7.46. The second-order valence-electron chi connectivity index (χ2n) is 10.4. The Morgan fingerprint density at radius 2 is 1.97 bits per heavy atom. The van der Waals surface area contributed by atoms with Crippen LogP contribution in [0.1, 0.15) is 41.6 Å². The van der Waals surface area contributed by atoms with E-state index in [-0.39, 0.29) is 11.9 Å². The largest absolute Gasteiger partial charge is 0.388 e. The van der Waals surface area contributed by atoms with Crippen molar-refractivity contribution in [3.63, 3.8) is 0 Å². The Kier molecular flexibility index (Phi) is 6.71. The molecule has 1 aliphatic carbocycles. The molecule has 1 amide bonds. The summed E-state index contributed by atoms with van der Waals surface area (Å²) >= 11 is 0. The molecular formula is C27H34N6O4. The number of carbonyl (C=O) groups is 1. The van der Waals surface area contributed by atoms with E-state index in [1.54, 1.807) is 0 Å². The number of nitrogens with zero attached hydrogens (tertiary/aromatic N) is 3. The van der Waals surface area contributed by atoms with Crippen LogP contribution in [0.2, 0.25) is 0 Å². The van der Waals surface area contributed by atoms with Gasteiger partial charge in [0, 0.05) is 43.0 Å². The molecule has 0 radical (unpaired) electrons. The first-order chi connectivity index (χ1) is 18.0. The van der Waals surface area contributed by atoms with Crippen LogP contribution in [0, 0.1) is 12.8 Å². The Balaban J connectivity index is 1.32. The number of ether oxygens (including phenoxy) is 2. The Bertz CT molecular complexity index is 1280. The van der Waals surface area contributed by atoms with Crippen molar-refractivity contribution in [2.75, 3.05) is 43.6 Å². The Hall–Kier alpha value is -3.21. The molecule has 4 heterocycles. The topological polar surface area (TPSA) is 122 Å². The molecule has 3 fully saturated rings. The van der Waals surface area contributed by atoms with Crippen molar-refractivity contribution < 1.29 is 19.4 Å². The van der Waals surface area contributed by atoms with Crippen molar-refractivity contribution in [3.05, 3.63) is 41.6 Å². The molecule has 3 aromatic rings. The third kappa shape index (κ3) is 5.27. The van der Waals surface area contributed by atoms with Crippen LogP contribution >= 0.6 is 0 Å². The van der Waals surface area contributed by atoms with Gasteiger partial charge in [-0.25, -0.2) is 4.98 Å². The number of aliphatic hydroxyl groups is 1. The summed E-state index contributed by atoms with van der Waals surface area (Å²) in [5.74, 6) is 1.99. The molecule has 2 saturated heterocycles. The van der Waals surface area contributed by atoms with Gasteiger partial charge in [0.05, 0.1) is 31.6 Å². The normalized spacial score (nSPS) is 22.3. The van der Waals surface area contributed by atoms with Gasteiger partial charge in [-0.2, -0.15) is 9.61 Å². The van der Waals surface area contributed by atoms with Crippen molar-refractivity contribution in [3.8, 4) is 11.1 Å². The van der Waals surface area contributed by atoms with Gasteiger partial charge in [0.25, 0.3) is 5.91 Å². The van der Waals surface area contributed by atoms with Gasteiger partial charge < -0.3 is 30.5 Å². The maximum absolute atomic E-state index is 12.6. The van der Waals surface area contributed by atoms with E-state index in [0.717, 1.165) is 68.0 Å². The van der Waals surface area contributed by atoms with Crippen LogP contribution in [0.25, 0.3) is 16.8 Å². The van der Waals surface area contributed by atoms with Crippen molar-refractivity contribution in [1.82, 2.24) is 19.9 Å². The molecule has 0 unspecified atom stereocenters. The number of nitrogens with one attached hydrogen (secondary N) is 3. The highest BCUT2D eigenvalue weighted by molar-refractivity contribution is 5.97. The molecule has 0 bridgehead atoms. The van der Waals surface area contributed by atoms with E-state index in [0.29, 0.717) is 42.2 Å². The molecule has 2 aliphatic heterocycles. The molecule has 2 atom stereocenters. The summed E-state index contributed by atoms with van der Waals surface area (Å²) in [6, 6.07) is 7.88. The van der Waals surface area contributed by atoms with Gasteiger partial charge in [0.1, 0.15) is 11.6 Å². The monoisotopic (exact) mass is 506 g/mol. The Labute approximate surface area is 215 Å². The fourth-order valence-corrected chi connectivity index (χ4v) is 5.01. The van der Waals surface area contributed by atoms with E-state index >= 15 is 0 Å². The van der Waals surface area contributed by atoms with Gasteiger partial charge in [-0.15, -0.1) is 0 Å². The van der Waals surface area contributed by atoms with Gasteiger partial charge in [-0.1, -0.05) is 12.1 Å². The van der Waals surface area contributed by atoms with Gasteiger partial charge in [-0.3, -0.25) is 4.79 Å². The van der Waals surface area contributed by atoms with Crippen LogP contribution in [0.15, 0.2) is 30.5 Å². The number of hydrogen-bond donors (Lipinski definition) is 4. The highest BCUT2D eigenvalue weighted by Crippen LogP contribution is 2.30. The summed E-state index contributed by atoms with van der Waals surface area (Å²) in [4.78, 5) is 17.5. The number of rotatable bonds is 8. The zero-order valence-electron chi connectivity index (χ0n) is 21.1. The minimum Gasteiger partial charge on any atom is -0.388 e. The van der Waals surface area contributed by atoms with E-state index < -0.39 is 6.10 Å². The zero-order chi connectivity index (χ0) is 25.4. The van der Waals surface area contributed by atoms with Crippen LogP contribution in [0.4, 0.5) is 11.6 Å². The Morgan fingerprint density at radius 3 is 2.70 bits per heavy atom. The first-order valence-electron chi connectivity index (χ1n) is 13.2. The lowest BCUT2D eigenvalue weighted by atomic mass is 10.0. The average Bonchev–Trinajstić information content (AvgIpc) is 3.47. The maximum atomic E-state index is 12.6. The fraction of sp³-hybridized carbons (Fsp3) is 0.519. The van der Waals surface area contributed by atoms with Crippen molar-refractivity contribution in [1.29, 1.82) is 0 Å². The molecule has 1 saturated carbocycles. The van der Waals surface area contributed by atoms with Gasteiger partial charge in [-0.05, 0) is 55.7 Å². The van der Waals surface area contributed by atoms with Gasteiger partial charge >= 0.3 is 0 Å². The molecule has 1 aromatic carbocycles. The molecule has 196 valence electrons. The maximum Gasteiger partial charge on any atom is 0.251 e. The molecule has 6 rings (SSSR count). The summed E-state index contributed by atoms with van der Waals surface area (Å²) in [5.41, 5.74) is 4.12. The summed E-state index contributed by atoms with van der Waals surface area (Å²) in [6.07, 6.45) is 5.41. The predicted molar refractivity (Wildman–Crippen MR) is 140 cm³/mol. The van der Waals surface area contributed by atoms with E-state index in [1.807, 2.05) is 41.9 Å². The second kappa shape index (κ2) is 10.3. The lowest BCUT2D eigenvalue weighted by molar-refractivity contribution is 0.0699. The summed E-state index contributed by atoms with van der Waals surface area (Å²) in [7, 11) is 0. The lowest BCUT2D eigenvalue weighted by Gasteiger charge is -2.23. The van der Waals surface area contributed by atoms with Crippen molar-refractivity contribution in [2.45, 2.75) is 50.8 Å². The number of aryl methyl sites for hydroxylation is 1. The second-order valence-corrected chi connectivity index (χ2v) is 10.4. The highest BCUT2D eigenvalue weighted by Gasteiger charge is 2.27. The molecule has 3 aliphatic rings. The fourth-order valence-electron chi connectivity index (χ4n) is 5.01. The van der Waals surface area contributed by atoms with Crippen LogP contribution in [-0.4, -0.2) is 76.8 Å². The SMILES string of the molecule is Cc1cc(-c2cnn3c(NCC4CCOCC4)cc(N[C@H]4COC[C@@H]4O)nc23)ccc1C(=O)NC1CC1. The number of carbonyl (C=O) groups excluding carboxylic acids is 1. The number of aliphatic hydroxyl groups excluding tert-OH is 1. The van der Waals surface area contributed by atoms with Crippen LogP contribution in [0.5, 0.6) is 0 Å². The minimum absolute atomic E-state index is 0.0204. The van der Waals surface area contributed by atoms with Crippen molar-refractivity contribution in [2.24, 2.45) is 5.92 Å². The first-order valence-corrected chi connectivity index (χ1v) is 13.2. The highest BCUT2D eigenvalue weighted by atomic mass is 16.5. The van der Waals surface area contributed by atoms with Gasteiger partial charge in [0.2, 0.25) is 0 Å². The molecule has 37 heavy (non-hydrogen) atoms. The molecular weight excluding hydrogens is 472 g/mol. The van der Waals surface area contributed by atoms with E-state index in [2.05, 4.69) is 21.0 Å². The number of anilines is 2. The number of hydrogen-bond acceptors (Lipinski definition) is 8.